The maximum Gasteiger partial charge on any atom is 0.303 e. The van der Waals surface area contributed by atoms with Gasteiger partial charge in [-0.3, -0.25) is 4.79 Å². The van der Waals surface area contributed by atoms with Gasteiger partial charge >= 0.3 is 5.97 Å². The van der Waals surface area contributed by atoms with Crippen molar-refractivity contribution in [3.05, 3.63) is 0 Å². The molecule has 0 saturated carbocycles. The van der Waals surface area contributed by atoms with Gasteiger partial charge < -0.3 is 25.5 Å². The molecule has 0 fully saturated rings. The molecule has 0 atom stereocenters. The van der Waals surface area contributed by atoms with Gasteiger partial charge in [-0.2, -0.15) is 0 Å². The van der Waals surface area contributed by atoms with Gasteiger partial charge in [-0.1, -0.05) is 32.6 Å². The molecule has 0 saturated heterocycles. The van der Waals surface area contributed by atoms with E-state index in [1.165, 1.54) is 19.3 Å². The van der Waals surface area contributed by atoms with Crippen LogP contribution in [-0.4, -0.2) is 57.9 Å². The molecule has 0 aliphatic rings. The largest absolute Gasteiger partial charge is 0.481 e. The Morgan fingerprint density at radius 3 is 1.53 bits per heavy atom. The van der Waals surface area contributed by atoms with E-state index in [2.05, 4.69) is 6.92 Å². The van der Waals surface area contributed by atoms with Crippen LogP contribution in [0.3, 0.4) is 0 Å². The van der Waals surface area contributed by atoms with Crippen molar-refractivity contribution in [2.24, 2.45) is 5.41 Å². The van der Waals surface area contributed by atoms with E-state index in [1.54, 1.807) is 0 Å². The maximum absolute atomic E-state index is 10.0. The molecule has 0 aliphatic carbocycles. The summed E-state index contributed by atoms with van der Waals surface area (Å²) in [7, 11) is 0. The molecule has 116 valence electrons. The van der Waals surface area contributed by atoms with Crippen LogP contribution in [0.15, 0.2) is 0 Å². The van der Waals surface area contributed by atoms with E-state index in [0.717, 1.165) is 12.8 Å². The average molecular weight is 280 g/mol. The SMILES string of the molecule is CCCCCCCC(=O)O.OCC(CO)(CO)CO. The van der Waals surface area contributed by atoms with Crippen LogP contribution in [0.5, 0.6) is 0 Å². The molecule has 0 rings (SSSR count). The highest BCUT2D eigenvalue weighted by Crippen LogP contribution is 2.11. The number of carboxylic acids is 1. The number of aliphatic carboxylic acids is 1. The van der Waals surface area contributed by atoms with Crippen molar-refractivity contribution >= 4 is 5.97 Å². The molecule has 0 heterocycles. The lowest BCUT2D eigenvalue weighted by Crippen LogP contribution is -2.37. The minimum absolute atomic E-state index is 0.337. The normalized spacial score (nSPS) is 10.8. The van der Waals surface area contributed by atoms with Crippen LogP contribution < -0.4 is 0 Å². The fraction of sp³-hybridized carbons (Fsp3) is 0.923. The third kappa shape index (κ3) is 12.1. The highest BCUT2D eigenvalue weighted by molar-refractivity contribution is 5.66. The first-order valence-corrected chi connectivity index (χ1v) is 6.67. The van der Waals surface area contributed by atoms with Crippen LogP contribution in [0.25, 0.3) is 0 Å². The number of hydrogen-bond donors (Lipinski definition) is 5. The predicted molar refractivity (Wildman–Crippen MR) is 71.8 cm³/mol. The standard InChI is InChI=1S/C8H16O2.C5H12O4/c1-2-3-4-5-6-7-8(9)10;6-1-5(2-7,3-8)4-9/h2-7H2,1H3,(H,9,10);6-9H,1-4H2. The first-order chi connectivity index (χ1) is 9.01. The van der Waals surface area contributed by atoms with Crippen molar-refractivity contribution in [1.82, 2.24) is 0 Å². The van der Waals surface area contributed by atoms with E-state index < -0.39 is 37.8 Å². The van der Waals surface area contributed by atoms with Crippen LogP contribution in [0, 0.1) is 5.41 Å². The van der Waals surface area contributed by atoms with Gasteiger partial charge in [0.05, 0.1) is 31.8 Å². The Morgan fingerprint density at radius 2 is 1.26 bits per heavy atom. The Kier molecular flexibility index (Phi) is 14.9. The molecule has 19 heavy (non-hydrogen) atoms. The topological polar surface area (TPSA) is 118 Å². The number of carbonyl (C=O) groups is 1. The lowest BCUT2D eigenvalue weighted by Gasteiger charge is -2.23. The molecule has 0 bridgehead atoms. The summed E-state index contributed by atoms with van der Waals surface area (Å²) in [6.45, 7) is 0.525. The van der Waals surface area contributed by atoms with Crippen LogP contribution in [0.1, 0.15) is 45.4 Å². The molecule has 0 radical (unpaired) electrons. The third-order valence-corrected chi connectivity index (χ3v) is 2.84. The number of aliphatic hydroxyl groups is 4. The quantitative estimate of drug-likeness (QED) is 0.369. The van der Waals surface area contributed by atoms with Gasteiger partial charge in [0.25, 0.3) is 0 Å². The summed E-state index contributed by atoms with van der Waals surface area (Å²) in [4.78, 5) is 10.0. The lowest BCUT2D eigenvalue weighted by atomic mass is 9.93. The molecular formula is C13H28O6. The van der Waals surface area contributed by atoms with E-state index in [-0.39, 0.29) is 0 Å². The summed E-state index contributed by atoms with van der Waals surface area (Å²) in [6.07, 6.45) is 5.88. The summed E-state index contributed by atoms with van der Waals surface area (Å²) < 4.78 is 0. The van der Waals surface area contributed by atoms with Gasteiger partial charge in [-0.15, -0.1) is 0 Å². The van der Waals surface area contributed by atoms with Crippen LogP contribution in [0.2, 0.25) is 0 Å². The van der Waals surface area contributed by atoms with Crippen LogP contribution >= 0.6 is 0 Å². The number of carboxylic acid groups (broad SMARTS) is 1. The Bertz CT molecular complexity index is 186. The number of hydrogen-bond acceptors (Lipinski definition) is 5. The second-order valence-electron chi connectivity index (χ2n) is 4.69. The van der Waals surface area contributed by atoms with Crippen LogP contribution in [0.4, 0.5) is 0 Å². The van der Waals surface area contributed by atoms with Crippen molar-refractivity contribution in [2.75, 3.05) is 26.4 Å². The second kappa shape index (κ2) is 13.7. The number of rotatable bonds is 10. The molecule has 0 aromatic carbocycles. The minimum atomic E-state index is -1.11. The Labute approximate surface area is 114 Å². The molecule has 0 aliphatic heterocycles. The molecule has 5 N–H and O–H groups in total. The van der Waals surface area contributed by atoms with E-state index in [9.17, 15) is 4.79 Å². The van der Waals surface area contributed by atoms with Crippen molar-refractivity contribution in [3.63, 3.8) is 0 Å². The summed E-state index contributed by atoms with van der Waals surface area (Å²) in [5, 5.41) is 42.3. The smallest absolute Gasteiger partial charge is 0.303 e. The van der Waals surface area contributed by atoms with Gasteiger partial charge in [0.2, 0.25) is 0 Å². The van der Waals surface area contributed by atoms with Crippen molar-refractivity contribution in [1.29, 1.82) is 0 Å². The Hall–Kier alpha value is -0.690. The first kappa shape index (κ1) is 20.6. The molecule has 0 amide bonds. The molecule has 0 unspecified atom stereocenters. The zero-order valence-electron chi connectivity index (χ0n) is 11.7. The molecule has 0 aromatic rings. The van der Waals surface area contributed by atoms with Crippen molar-refractivity contribution < 1.29 is 30.3 Å². The zero-order valence-corrected chi connectivity index (χ0v) is 11.7. The van der Waals surface area contributed by atoms with Gasteiger partial charge in [-0.05, 0) is 6.42 Å². The van der Waals surface area contributed by atoms with Crippen LogP contribution in [-0.2, 0) is 4.79 Å². The van der Waals surface area contributed by atoms with E-state index >= 15 is 0 Å². The minimum Gasteiger partial charge on any atom is -0.481 e. The highest BCUT2D eigenvalue weighted by atomic mass is 16.4. The second-order valence-corrected chi connectivity index (χ2v) is 4.69. The van der Waals surface area contributed by atoms with E-state index in [4.69, 9.17) is 25.5 Å². The maximum atomic E-state index is 10.0. The van der Waals surface area contributed by atoms with E-state index in [0.29, 0.717) is 6.42 Å². The molecule has 0 spiro atoms. The molecule has 6 nitrogen and oxygen atoms in total. The van der Waals surface area contributed by atoms with Gasteiger partial charge in [-0.25, -0.2) is 0 Å². The average Bonchev–Trinajstić information content (AvgIpc) is 2.42. The summed E-state index contributed by atoms with van der Waals surface area (Å²) >= 11 is 0. The molecule has 0 aromatic heterocycles. The fourth-order valence-corrected chi connectivity index (χ4v) is 1.18. The summed E-state index contributed by atoms with van der Waals surface area (Å²) in [5.41, 5.74) is -1.11. The zero-order chi connectivity index (χ0) is 15.1. The van der Waals surface area contributed by atoms with Gasteiger partial charge in [0, 0.05) is 6.42 Å². The Morgan fingerprint density at radius 1 is 0.842 bits per heavy atom. The number of aliphatic hydroxyl groups excluding tert-OH is 4. The van der Waals surface area contributed by atoms with Crippen molar-refractivity contribution in [2.45, 2.75) is 45.4 Å². The molecule has 6 heteroatoms. The third-order valence-electron chi connectivity index (χ3n) is 2.84. The Balaban J connectivity index is 0. The summed E-state index contributed by atoms with van der Waals surface area (Å²) in [5.74, 6) is -0.670. The molecular weight excluding hydrogens is 252 g/mol. The van der Waals surface area contributed by atoms with Gasteiger partial charge in [0.1, 0.15) is 0 Å². The lowest BCUT2D eigenvalue weighted by molar-refractivity contribution is -0.137. The van der Waals surface area contributed by atoms with Gasteiger partial charge in [0.15, 0.2) is 0 Å². The predicted octanol–water partition coefficient (Wildman–Crippen LogP) is 0.374. The van der Waals surface area contributed by atoms with E-state index in [1.807, 2.05) is 0 Å². The van der Waals surface area contributed by atoms with Crippen molar-refractivity contribution in [3.8, 4) is 0 Å². The highest BCUT2D eigenvalue weighted by Gasteiger charge is 2.26. The first-order valence-electron chi connectivity index (χ1n) is 6.67. The fourth-order valence-electron chi connectivity index (χ4n) is 1.18. The monoisotopic (exact) mass is 280 g/mol. The summed E-state index contributed by atoms with van der Waals surface area (Å²) in [6, 6.07) is 0. The number of unbranched alkanes of at least 4 members (excludes halogenated alkanes) is 4.